The quantitative estimate of drug-likeness (QED) is 0.542. The Bertz CT molecular complexity index is 1340. The van der Waals surface area contributed by atoms with E-state index in [2.05, 4.69) is 4.90 Å². The van der Waals surface area contributed by atoms with Crippen LogP contribution in [0.3, 0.4) is 0 Å². The van der Waals surface area contributed by atoms with Crippen LogP contribution in [0.2, 0.25) is 0 Å². The third-order valence-electron chi connectivity index (χ3n) is 7.92. The summed E-state index contributed by atoms with van der Waals surface area (Å²) in [5.41, 5.74) is 4.23. The summed E-state index contributed by atoms with van der Waals surface area (Å²) < 4.78 is 43.0. The zero-order chi connectivity index (χ0) is 25.4. The number of hydrogen-bond donors (Lipinski definition) is 1. The molecule has 2 fully saturated rings. The van der Waals surface area contributed by atoms with Gasteiger partial charge in [0.05, 0.1) is 11.5 Å². The smallest absolute Gasteiger partial charge is 0.243 e. The molecule has 2 saturated heterocycles. The zero-order valence-electron chi connectivity index (χ0n) is 20.8. The molecule has 1 N–H and O–H groups in total. The number of aliphatic hydroxyl groups excluding tert-OH is 1. The molecule has 0 radical (unpaired) electrons. The molecule has 0 aromatic heterocycles. The number of sulfonamides is 1. The number of halogens is 1. The highest BCUT2D eigenvalue weighted by atomic mass is 32.2. The second kappa shape index (κ2) is 10.1. The van der Waals surface area contributed by atoms with Crippen LogP contribution < -0.4 is 0 Å². The van der Waals surface area contributed by atoms with E-state index < -0.39 is 10.0 Å². The molecule has 5 rings (SSSR count). The molecule has 2 aliphatic rings. The predicted octanol–water partition coefficient (Wildman–Crippen LogP) is 4.72. The van der Waals surface area contributed by atoms with Crippen LogP contribution >= 0.6 is 0 Å². The first-order chi connectivity index (χ1) is 17.3. The van der Waals surface area contributed by atoms with E-state index in [9.17, 15) is 17.9 Å². The first kappa shape index (κ1) is 25.1. The van der Waals surface area contributed by atoms with Gasteiger partial charge < -0.3 is 5.11 Å². The van der Waals surface area contributed by atoms with Gasteiger partial charge in [0.1, 0.15) is 5.82 Å². The van der Waals surface area contributed by atoms with Gasteiger partial charge >= 0.3 is 0 Å². The lowest BCUT2D eigenvalue weighted by molar-refractivity contribution is -0.0553. The van der Waals surface area contributed by atoms with Crippen LogP contribution in [0.5, 0.6) is 0 Å². The van der Waals surface area contributed by atoms with E-state index in [1.807, 2.05) is 49.4 Å². The number of hydrogen-bond acceptors (Lipinski definition) is 4. The van der Waals surface area contributed by atoms with Crippen LogP contribution in [0.4, 0.5) is 4.39 Å². The van der Waals surface area contributed by atoms with Crippen LogP contribution in [-0.4, -0.2) is 61.1 Å². The SMILES string of the molecule is Cc1ccccc1S(=O)(=O)N1CCCCN2[C@H](CO)C(c3ccc(-c4cccc(F)c4C)cc3)[C@@H]2C1. The lowest BCUT2D eigenvalue weighted by Gasteiger charge is -2.57. The minimum Gasteiger partial charge on any atom is -0.395 e. The average Bonchev–Trinajstić information content (AvgIpc) is 2.85. The molecule has 36 heavy (non-hydrogen) atoms. The third kappa shape index (κ3) is 4.39. The summed E-state index contributed by atoms with van der Waals surface area (Å²) in [6.07, 6.45) is 1.68. The van der Waals surface area contributed by atoms with Crippen molar-refractivity contribution >= 4 is 10.0 Å². The van der Waals surface area contributed by atoms with Crippen molar-refractivity contribution in [3.05, 3.63) is 89.2 Å². The van der Waals surface area contributed by atoms with Gasteiger partial charge in [0, 0.05) is 31.1 Å². The molecule has 1 unspecified atom stereocenters. The lowest BCUT2D eigenvalue weighted by atomic mass is 9.74. The number of aryl methyl sites for hydroxylation is 1. The Hall–Kier alpha value is -2.58. The number of rotatable bonds is 5. The summed E-state index contributed by atoms with van der Waals surface area (Å²) in [4.78, 5) is 2.64. The van der Waals surface area contributed by atoms with Crippen LogP contribution in [0.15, 0.2) is 71.6 Å². The highest BCUT2D eigenvalue weighted by Crippen LogP contribution is 2.43. The summed E-state index contributed by atoms with van der Waals surface area (Å²) in [7, 11) is -3.63. The monoisotopic (exact) mass is 508 g/mol. The number of aliphatic hydroxyl groups is 1. The zero-order valence-corrected chi connectivity index (χ0v) is 21.6. The maximum absolute atomic E-state index is 14.1. The Kier molecular flexibility index (Phi) is 7.01. The largest absolute Gasteiger partial charge is 0.395 e. The Morgan fingerprint density at radius 3 is 2.39 bits per heavy atom. The Labute approximate surface area is 213 Å². The van der Waals surface area contributed by atoms with Crippen molar-refractivity contribution in [2.75, 3.05) is 26.2 Å². The van der Waals surface area contributed by atoms with Crippen molar-refractivity contribution in [2.45, 2.75) is 49.6 Å². The molecule has 0 saturated carbocycles. The molecule has 7 heteroatoms. The Morgan fingerprint density at radius 2 is 1.67 bits per heavy atom. The number of benzene rings is 3. The van der Waals surface area contributed by atoms with Gasteiger partial charge in [-0.15, -0.1) is 0 Å². The van der Waals surface area contributed by atoms with E-state index in [1.165, 1.54) is 6.07 Å². The second-order valence-corrected chi connectivity index (χ2v) is 11.9. The van der Waals surface area contributed by atoms with Crippen LogP contribution in [-0.2, 0) is 10.0 Å². The molecule has 190 valence electrons. The fourth-order valence-electron chi connectivity index (χ4n) is 5.92. The molecule has 5 nitrogen and oxygen atoms in total. The molecule has 0 bridgehead atoms. The van der Waals surface area contributed by atoms with Gasteiger partial charge in [-0.05, 0) is 73.2 Å². The lowest BCUT2D eigenvalue weighted by Crippen LogP contribution is -2.67. The maximum Gasteiger partial charge on any atom is 0.243 e. The van der Waals surface area contributed by atoms with Gasteiger partial charge in [-0.1, -0.05) is 54.6 Å². The van der Waals surface area contributed by atoms with Gasteiger partial charge in [-0.3, -0.25) is 4.90 Å². The second-order valence-electron chi connectivity index (χ2n) is 9.95. The number of fused-ring (bicyclic) bond motifs is 1. The van der Waals surface area contributed by atoms with Crippen molar-refractivity contribution in [3.8, 4) is 11.1 Å². The average molecular weight is 509 g/mol. The van der Waals surface area contributed by atoms with Crippen LogP contribution in [0.1, 0.15) is 35.4 Å². The fraction of sp³-hybridized carbons (Fsp3) is 0.379. The van der Waals surface area contributed by atoms with Gasteiger partial charge in [0.2, 0.25) is 10.0 Å². The van der Waals surface area contributed by atoms with Gasteiger partial charge in [0.15, 0.2) is 0 Å². The minimum absolute atomic E-state index is 0.0111. The van der Waals surface area contributed by atoms with E-state index in [-0.39, 0.29) is 30.4 Å². The van der Waals surface area contributed by atoms with Crippen molar-refractivity contribution in [2.24, 2.45) is 0 Å². The molecule has 0 amide bonds. The van der Waals surface area contributed by atoms with Crippen LogP contribution in [0, 0.1) is 19.7 Å². The van der Waals surface area contributed by atoms with Crippen molar-refractivity contribution in [1.29, 1.82) is 0 Å². The van der Waals surface area contributed by atoms with Crippen LogP contribution in [0.25, 0.3) is 11.1 Å². The van der Waals surface area contributed by atoms with Gasteiger partial charge in [-0.2, -0.15) is 4.31 Å². The summed E-state index contributed by atoms with van der Waals surface area (Å²) in [5, 5.41) is 10.2. The standard InChI is InChI=1S/C29H33FN2O3S/c1-20-8-3-4-11-28(20)36(34,35)31-16-5-6-17-32-26(18-31)29(27(32)19-33)23-14-12-22(13-15-23)24-9-7-10-25(30)21(24)2/h3-4,7-15,26-27,29,33H,5-6,16-19H2,1-2H3/t26-,27+,29?/m0/s1. The predicted molar refractivity (Wildman–Crippen MR) is 140 cm³/mol. The maximum atomic E-state index is 14.1. The summed E-state index contributed by atoms with van der Waals surface area (Å²) in [5.74, 6) is -0.207. The molecule has 0 aliphatic carbocycles. The third-order valence-corrected chi connectivity index (χ3v) is 9.94. The normalized spacial score (nSPS) is 23.4. The molecule has 3 atom stereocenters. The summed E-state index contributed by atoms with van der Waals surface area (Å²) in [6, 6.07) is 20.3. The van der Waals surface area contributed by atoms with Gasteiger partial charge in [0.25, 0.3) is 0 Å². The minimum atomic E-state index is -3.63. The molecule has 3 aromatic rings. The topological polar surface area (TPSA) is 60.9 Å². The van der Waals surface area contributed by atoms with Crippen molar-refractivity contribution < 1.29 is 17.9 Å². The Morgan fingerprint density at radius 1 is 0.944 bits per heavy atom. The van der Waals surface area contributed by atoms with E-state index >= 15 is 0 Å². The fourth-order valence-corrected chi connectivity index (χ4v) is 7.64. The van der Waals surface area contributed by atoms with Crippen molar-refractivity contribution in [3.63, 3.8) is 0 Å². The molecule has 2 heterocycles. The molecule has 0 spiro atoms. The van der Waals surface area contributed by atoms with Gasteiger partial charge in [-0.25, -0.2) is 12.8 Å². The first-order valence-electron chi connectivity index (χ1n) is 12.6. The first-order valence-corrected chi connectivity index (χ1v) is 14.0. The number of nitrogens with zero attached hydrogens (tertiary/aromatic N) is 2. The Balaban J connectivity index is 1.44. The summed E-state index contributed by atoms with van der Waals surface area (Å²) in [6.45, 7) is 5.38. The van der Waals surface area contributed by atoms with Crippen molar-refractivity contribution in [1.82, 2.24) is 9.21 Å². The van der Waals surface area contributed by atoms with E-state index in [4.69, 9.17) is 0 Å². The molecular weight excluding hydrogens is 475 g/mol. The van der Waals surface area contributed by atoms with E-state index in [0.29, 0.717) is 23.5 Å². The summed E-state index contributed by atoms with van der Waals surface area (Å²) >= 11 is 0. The molecule has 3 aromatic carbocycles. The molecular formula is C29H33FN2O3S. The van der Waals surface area contributed by atoms with E-state index in [1.54, 1.807) is 29.4 Å². The molecule has 2 aliphatic heterocycles. The highest BCUT2D eigenvalue weighted by molar-refractivity contribution is 7.89. The van der Waals surface area contributed by atoms with E-state index in [0.717, 1.165) is 41.6 Å². The highest BCUT2D eigenvalue weighted by Gasteiger charge is 2.50.